The maximum absolute atomic E-state index is 13.5. The molecule has 3 heterocycles. The van der Waals surface area contributed by atoms with E-state index in [0.29, 0.717) is 19.4 Å². The third kappa shape index (κ3) is 2.57. The molecule has 3 saturated heterocycles. The maximum Gasteiger partial charge on any atom is 0.308 e. The van der Waals surface area contributed by atoms with Crippen LogP contribution >= 0.6 is 11.8 Å². The lowest BCUT2D eigenvalue weighted by Crippen LogP contribution is -2.56. The summed E-state index contributed by atoms with van der Waals surface area (Å²) in [5.74, 6) is -2.90. The number of aliphatic hydroxyl groups excluding tert-OH is 1. The number of hydrogen-bond acceptors (Lipinski definition) is 5. The topological polar surface area (TPSA) is 98.2 Å². The van der Waals surface area contributed by atoms with Crippen molar-refractivity contribution >= 4 is 29.5 Å². The van der Waals surface area contributed by atoms with Gasteiger partial charge in [-0.3, -0.25) is 14.4 Å². The van der Waals surface area contributed by atoms with Crippen molar-refractivity contribution in [2.75, 3.05) is 19.7 Å². The number of β-amino-alcohol motifs (C(OH)–C–C–N with tert-alkyl or cyclic N) is 1. The molecule has 7 nitrogen and oxygen atoms in total. The summed E-state index contributed by atoms with van der Waals surface area (Å²) in [6.45, 7) is 7.68. The average molecular weight is 382 g/mol. The Morgan fingerprint density at radius 3 is 2.73 bits per heavy atom. The van der Waals surface area contributed by atoms with E-state index >= 15 is 0 Å². The van der Waals surface area contributed by atoms with Gasteiger partial charge in [0.15, 0.2) is 0 Å². The second-order valence-corrected chi connectivity index (χ2v) is 9.12. The molecule has 3 aliphatic heterocycles. The fourth-order valence-electron chi connectivity index (χ4n) is 4.91. The molecule has 3 fully saturated rings. The van der Waals surface area contributed by atoms with Gasteiger partial charge in [0.05, 0.1) is 23.2 Å². The van der Waals surface area contributed by atoms with Gasteiger partial charge in [-0.05, 0) is 26.7 Å². The number of hydrogen-bond donors (Lipinski definition) is 2. The van der Waals surface area contributed by atoms with Crippen LogP contribution < -0.4 is 0 Å². The molecule has 3 aliphatic rings. The Balaban J connectivity index is 2.04. The first-order chi connectivity index (χ1) is 12.3. The quantitative estimate of drug-likeness (QED) is 0.625. The lowest BCUT2D eigenvalue weighted by atomic mass is 9.71. The van der Waals surface area contributed by atoms with E-state index in [2.05, 4.69) is 6.58 Å². The van der Waals surface area contributed by atoms with E-state index < -0.39 is 28.6 Å². The molecule has 144 valence electrons. The highest BCUT2D eigenvalue weighted by Crippen LogP contribution is 2.66. The summed E-state index contributed by atoms with van der Waals surface area (Å²) in [6.07, 6.45) is 3.01. The summed E-state index contributed by atoms with van der Waals surface area (Å²) >= 11 is 1.50. The monoisotopic (exact) mass is 382 g/mol. The number of amides is 2. The van der Waals surface area contributed by atoms with E-state index in [1.54, 1.807) is 11.0 Å². The smallest absolute Gasteiger partial charge is 0.308 e. The minimum Gasteiger partial charge on any atom is -0.481 e. The average Bonchev–Trinajstić information content (AvgIpc) is 3.20. The van der Waals surface area contributed by atoms with Crippen LogP contribution in [0.2, 0.25) is 0 Å². The molecule has 8 heteroatoms. The Labute approximate surface area is 157 Å². The summed E-state index contributed by atoms with van der Waals surface area (Å²) in [7, 11) is 0. The van der Waals surface area contributed by atoms with Gasteiger partial charge in [0.1, 0.15) is 6.04 Å². The number of likely N-dealkylation sites (tertiary alicyclic amines) is 1. The second kappa shape index (κ2) is 6.88. The Morgan fingerprint density at radius 2 is 2.19 bits per heavy atom. The van der Waals surface area contributed by atoms with Gasteiger partial charge in [-0.1, -0.05) is 6.08 Å². The summed E-state index contributed by atoms with van der Waals surface area (Å²) in [4.78, 5) is 41.5. The second-order valence-electron chi connectivity index (χ2n) is 7.52. The Hall–Kier alpha value is -1.54. The van der Waals surface area contributed by atoms with Gasteiger partial charge in [-0.25, -0.2) is 0 Å². The molecule has 0 aromatic heterocycles. The number of nitrogens with zero attached hydrogens (tertiary/aromatic N) is 2. The van der Waals surface area contributed by atoms with Crippen molar-refractivity contribution in [3.05, 3.63) is 12.7 Å². The Kier molecular flexibility index (Phi) is 5.09. The van der Waals surface area contributed by atoms with Crippen LogP contribution in [0.3, 0.4) is 0 Å². The molecule has 1 spiro atoms. The van der Waals surface area contributed by atoms with E-state index in [-0.39, 0.29) is 36.3 Å². The maximum atomic E-state index is 13.5. The number of fused-ring (bicyclic) bond motifs is 1. The zero-order valence-electron chi connectivity index (χ0n) is 15.1. The van der Waals surface area contributed by atoms with Crippen LogP contribution in [0.15, 0.2) is 12.7 Å². The van der Waals surface area contributed by atoms with Crippen LogP contribution in [0.1, 0.15) is 26.7 Å². The van der Waals surface area contributed by atoms with Crippen molar-refractivity contribution in [2.24, 2.45) is 11.8 Å². The summed E-state index contributed by atoms with van der Waals surface area (Å²) in [5.41, 5.74) is 0. The van der Waals surface area contributed by atoms with Crippen LogP contribution in [0.5, 0.6) is 0 Å². The molecule has 2 unspecified atom stereocenters. The zero-order valence-corrected chi connectivity index (χ0v) is 15.9. The zero-order chi connectivity index (χ0) is 19.2. The van der Waals surface area contributed by atoms with Gasteiger partial charge in [-0.2, -0.15) is 0 Å². The van der Waals surface area contributed by atoms with Crippen molar-refractivity contribution in [2.45, 2.75) is 48.8 Å². The van der Waals surface area contributed by atoms with Gasteiger partial charge < -0.3 is 20.0 Å². The normalized spacial score (nSPS) is 35.1. The highest BCUT2D eigenvalue weighted by Gasteiger charge is 2.73. The highest BCUT2D eigenvalue weighted by molar-refractivity contribution is 8.02. The molecular formula is C18H26N2O5S. The first-order valence-corrected chi connectivity index (χ1v) is 9.91. The molecule has 5 atom stereocenters. The van der Waals surface area contributed by atoms with Crippen LogP contribution in [0, 0.1) is 11.8 Å². The summed E-state index contributed by atoms with van der Waals surface area (Å²) in [6, 6.07) is -0.797. The lowest BCUT2D eigenvalue weighted by Gasteiger charge is -2.38. The molecule has 0 aromatic rings. The van der Waals surface area contributed by atoms with Crippen molar-refractivity contribution in [1.82, 2.24) is 9.80 Å². The van der Waals surface area contributed by atoms with Gasteiger partial charge in [-0.15, -0.1) is 18.3 Å². The number of aliphatic hydroxyl groups is 1. The van der Waals surface area contributed by atoms with E-state index in [0.717, 1.165) is 0 Å². The lowest BCUT2D eigenvalue weighted by molar-refractivity contribution is -0.148. The van der Waals surface area contributed by atoms with Crippen LogP contribution in [0.4, 0.5) is 0 Å². The van der Waals surface area contributed by atoms with Crippen molar-refractivity contribution in [3.8, 4) is 0 Å². The molecule has 2 N–H and O–H groups in total. The van der Waals surface area contributed by atoms with Gasteiger partial charge in [0.2, 0.25) is 11.8 Å². The molecule has 2 bridgehead atoms. The number of carboxylic acid groups (broad SMARTS) is 1. The molecule has 2 amide bonds. The van der Waals surface area contributed by atoms with Gasteiger partial charge in [0.25, 0.3) is 0 Å². The predicted molar refractivity (Wildman–Crippen MR) is 97.6 cm³/mol. The Morgan fingerprint density at radius 1 is 1.50 bits per heavy atom. The SMILES string of the molecule is C=CCN(C(=O)C1N(CCO)C(=O)[C@@H]2[C@H](C(=O)O)[C@@H]3CCC12S3)C(C)C. The van der Waals surface area contributed by atoms with E-state index in [9.17, 15) is 24.6 Å². The minimum atomic E-state index is -0.966. The summed E-state index contributed by atoms with van der Waals surface area (Å²) < 4.78 is -0.703. The molecule has 0 aromatic carbocycles. The summed E-state index contributed by atoms with van der Waals surface area (Å²) in [5, 5.41) is 19.0. The molecule has 3 rings (SSSR count). The first-order valence-electron chi connectivity index (χ1n) is 9.03. The third-order valence-electron chi connectivity index (χ3n) is 5.89. The van der Waals surface area contributed by atoms with Crippen LogP contribution in [-0.2, 0) is 14.4 Å². The minimum absolute atomic E-state index is 0.0467. The molecular weight excluding hydrogens is 356 g/mol. The van der Waals surface area contributed by atoms with E-state index in [1.807, 2.05) is 13.8 Å². The number of carbonyl (C=O) groups excluding carboxylic acids is 2. The standard InChI is InChI=1S/C18H26N2O5S/c1-4-7-19(10(2)3)16(23)14-18-6-5-11(26-18)12(17(24)25)13(18)15(22)20(14)8-9-21/h4,10-14,21H,1,5-9H2,2-3H3,(H,24,25)/t11-,12+,13-,14?,18?/m0/s1. The first kappa shape index (κ1) is 19.2. The fourth-order valence-corrected chi connectivity index (χ4v) is 7.12. The predicted octanol–water partition coefficient (Wildman–Crippen LogP) is 0.577. The van der Waals surface area contributed by atoms with Crippen LogP contribution in [0.25, 0.3) is 0 Å². The number of aliphatic carboxylic acids is 1. The molecule has 0 aliphatic carbocycles. The van der Waals surface area contributed by atoms with Gasteiger partial charge >= 0.3 is 5.97 Å². The third-order valence-corrected chi connectivity index (χ3v) is 7.84. The van der Waals surface area contributed by atoms with E-state index in [1.165, 1.54) is 16.7 Å². The molecule has 26 heavy (non-hydrogen) atoms. The highest BCUT2D eigenvalue weighted by atomic mass is 32.2. The van der Waals surface area contributed by atoms with Crippen molar-refractivity contribution < 1.29 is 24.6 Å². The molecule has 0 saturated carbocycles. The number of carbonyl (C=O) groups is 3. The molecule has 0 radical (unpaired) electrons. The van der Waals surface area contributed by atoms with Crippen molar-refractivity contribution in [1.29, 1.82) is 0 Å². The largest absolute Gasteiger partial charge is 0.481 e. The van der Waals surface area contributed by atoms with E-state index in [4.69, 9.17) is 0 Å². The fraction of sp³-hybridized carbons (Fsp3) is 0.722. The van der Waals surface area contributed by atoms with Gasteiger partial charge in [0, 0.05) is 24.4 Å². The van der Waals surface area contributed by atoms with Crippen molar-refractivity contribution in [3.63, 3.8) is 0 Å². The number of rotatable bonds is 7. The number of thioether (sulfide) groups is 1. The Bertz CT molecular complexity index is 639. The number of carboxylic acids is 1. The van der Waals surface area contributed by atoms with Crippen LogP contribution in [-0.4, -0.2) is 79.6 Å².